The van der Waals surface area contributed by atoms with Crippen molar-refractivity contribution in [3.8, 4) is 113 Å². The molecule has 2 aliphatic carbocycles. The van der Waals surface area contributed by atoms with Crippen molar-refractivity contribution >= 4 is 45.2 Å². The number of anilines is 6. The summed E-state index contributed by atoms with van der Waals surface area (Å²) in [5.74, 6) is 1.84. The van der Waals surface area contributed by atoms with Gasteiger partial charge in [0.2, 0.25) is 23.6 Å². The van der Waals surface area contributed by atoms with Gasteiger partial charge in [-0.2, -0.15) is 0 Å². The number of para-hydroxylation sites is 2. The molecule has 0 radical (unpaired) electrons. The maximum atomic E-state index is 6.21. The van der Waals surface area contributed by atoms with Gasteiger partial charge >= 0.3 is 0 Å². The Kier molecular flexibility index (Phi) is 14.3. The van der Waals surface area contributed by atoms with Gasteiger partial charge in [0.1, 0.15) is 0 Å². The Morgan fingerprint density at radius 1 is 0.230 bits per heavy atom. The van der Waals surface area contributed by atoms with Gasteiger partial charge in [-0.05, 0) is 189 Å². The number of nitrogens with zero attached hydrogens (tertiary/aromatic N) is 8. The number of benzene rings is 13. The maximum absolute atomic E-state index is 6.21. The second kappa shape index (κ2) is 24.0. The van der Waals surface area contributed by atoms with Crippen LogP contribution in [0.3, 0.4) is 0 Å². The zero-order chi connectivity index (χ0) is 67.1. The fraction of sp³-hybridized carbons (Fsp3) is 0.0667. The summed E-state index contributed by atoms with van der Waals surface area (Å²) in [5, 5.41) is 17.6. The third kappa shape index (κ3) is 10.3. The van der Waals surface area contributed by atoms with Crippen molar-refractivity contribution in [3.05, 3.63) is 338 Å². The predicted molar refractivity (Wildman–Crippen MR) is 403 cm³/mol. The lowest BCUT2D eigenvalue weighted by Crippen LogP contribution is -2.15. The van der Waals surface area contributed by atoms with Gasteiger partial charge in [0.15, 0.2) is 0 Å². The Bertz CT molecular complexity index is 5400. The van der Waals surface area contributed by atoms with E-state index in [1.54, 1.807) is 0 Å². The number of aromatic nitrogens is 6. The molecular formula is C90H64N8O2. The first-order chi connectivity index (χ1) is 49.1. The molecule has 13 aromatic carbocycles. The van der Waals surface area contributed by atoms with Crippen LogP contribution in [0.4, 0.5) is 34.1 Å². The van der Waals surface area contributed by atoms with Crippen LogP contribution in [0, 0.1) is 0 Å². The van der Waals surface area contributed by atoms with Gasteiger partial charge in [-0.3, -0.25) is 0 Å². The van der Waals surface area contributed by atoms with E-state index in [0.717, 1.165) is 112 Å². The van der Waals surface area contributed by atoms with Crippen molar-refractivity contribution in [2.75, 3.05) is 9.80 Å². The summed E-state index contributed by atoms with van der Waals surface area (Å²) in [7, 11) is 0. The van der Waals surface area contributed by atoms with E-state index in [0.29, 0.717) is 23.6 Å². The molecule has 0 saturated carbocycles. The molecule has 0 spiro atoms. The largest absolute Gasteiger partial charge is 0.416 e. The molecule has 0 bridgehead atoms. The highest BCUT2D eigenvalue weighted by Gasteiger charge is 2.37. The van der Waals surface area contributed by atoms with Gasteiger partial charge in [-0.25, -0.2) is 9.97 Å². The molecular weight excluding hydrogens is 1230 g/mol. The Morgan fingerprint density at radius 3 is 0.840 bits per heavy atom. The number of fused-ring (bicyclic) bond motifs is 7. The summed E-state index contributed by atoms with van der Waals surface area (Å²) in [6.07, 6.45) is 0. The van der Waals surface area contributed by atoms with Gasteiger partial charge < -0.3 is 18.6 Å². The van der Waals surface area contributed by atoms with E-state index in [-0.39, 0.29) is 10.8 Å². The minimum atomic E-state index is -0.220. The lowest BCUT2D eigenvalue weighted by Gasteiger charge is -2.26. The normalized spacial score (nSPS) is 13.0. The Labute approximate surface area is 579 Å². The average Bonchev–Trinajstić information content (AvgIpc) is 1.60. The highest BCUT2D eigenvalue weighted by molar-refractivity contribution is 6.04. The van der Waals surface area contributed by atoms with Crippen molar-refractivity contribution in [2.45, 2.75) is 38.5 Å². The van der Waals surface area contributed by atoms with Gasteiger partial charge in [-0.15, -0.1) is 20.4 Å². The first-order valence-electron chi connectivity index (χ1n) is 33.8. The van der Waals surface area contributed by atoms with E-state index >= 15 is 0 Å². The molecule has 100 heavy (non-hydrogen) atoms. The standard InChI is InChI=1S/C90H64N8O2/c1-89(2)77-31-19-17-29-73(77)75-51-41-63(55-79(75)89)71-53-54-72(64-42-52-76-74-30-18-20-32-78(74)90(3,4)80(76)56-64)84-83(71)91-81(57-33-43-67(44-34-57)97(65-25-13-7-14-26-65)69-47-37-61(38-48-69)87-95-93-85(99-87)59-21-9-5-10-22-59)82(92-84)58-35-45-68(46-36-58)98(66-27-15-8-16-28-66)70-49-39-62(40-50-70)88-96-94-86(100-88)60-23-11-6-12-24-60/h5-56H,1-4H3. The molecule has 0 saturated heterocycles. The third-order valence-corrected chi connectivity index (χ3v) is 20.1. The Hall–Kier alpha value is -12.9. The van der Waals surface area contributed by atoms with E-state index in [1.807, 2.05) is 97.1 Å². The van der Waals surface area contributed by atoms with E-state index in [4.69, 9.17) is 18.8 Å². The van der Waals surface area contributed by atoms with Crippen LogP contribution in [0.1, 0.15) is 49.9 Å². The quantitative estimate of drug-likeness (QED) is 0.104. The Balaban J connectivity index is 0.795. The van der Waals surface area contributed by atoms with Crippen LogP contribution in [-0.4, -0.2) is 30.4 Å². The zero-order valence-electron chi connectivity index (χ0n) is 55.4. The lowest BCUT2D eigenvalue weighted by atomic mass is 9.81. The fourth-order valence-electron chi connectivity index (χ4n) is 14.9. The number of rotatable bonds is 14. The van der Waals surface area contributed by atoms with Gasteiger partial charge in [0.05, 0.1) is 22.4 Å². The second-order valence-electron chi connectivity index (χ2n) is 26.7. The topological polar surface area (TPSA) is 110 Å². The van der Waals surface area contributed by atoms with Gasteiger partial charge in [0.25, 0.3) is 0 Å². The van der Waals surface area contributed by atoms with Crippen LogP contribution in [0.5, 0.6) is 0 Å². The van der Waals surface area contributed by atoms with Gasteiger partial charge in [-0.1, -0.05) is 210 Å². The number of hydrogen-bond acceptors (Lipinski definition) is 10. The monoisotopic (exact) mass is 1290 g/mol. The summed E-state index contributed by atoms with van der Waals surface area (Å²) >= 11 is 0. The molecule has 3 heterocycles. The van der Waals surface area contributed by atoms with Crippen LogP contribution in [0.2, 0.25) is 0 Å². The minimum absolute atomic E-state index is 0.220. The first-order valence-corrected chi connectivity index (χ1v) is 33.8. The van der Waals surface area contributed by atoms with E-state index in [1.165, 1.54) is 44.5 Å². The van der Waals surface area contributed by atoms with Crippen molar-refractivity contribution in [3.63, 3.8) is 0 Å². The zero-order valence-corrected chi connectivity index (χ0v) is 55.4. The Morgan fingerprint density at radius 2 is 0.490 bits per heavy atom. The van der Waals surface area contributed by atoms with Crippen LogP contribution < -0.4 is 9.80 Å². The molecule has 2 aliphatic rings. The predicted octanol–water partition coefficient (Wildman–Crippen LogP) is 23.3. The first kappa shape index (κ1) is 59.6. The molecule has 476 valence electrons. The summed E-state index contributed by atoms with van der Waals surface area (Å²) in [4.78, 5) is 16.6. The molecule has 16 aromatic rings. The molecule has 0 unspecified atom stereocenters. The molecule has 0 atom stereocenters. The maximum Gasteiger partial charge on any atom is 0.248 e. The van der Waals surface area contributed by atoms with Crippen LogP contribution >= 0.6 is 0 Å². The fourth-order valence-corrected chi connectivity index (χ4v) is 14.9. The van der Waals surface area contributed by atoms with Crippen LogP contribution in [0.25, 0.3) is 124 Å². The van der Waals surface area contributed by atoms with Crippen LogP contribution in [0.15, 0.2) is 324 Å². The van der Waals surface area contributed by atoms with Crippen molar-refractivity contribution in [2.24, 2.45) is 0 Å². The minimum Gasteiger partial charge on any atom is -0.416 e. The number of hydrogen-bond donors (Lipinski definition) is 0. The lowest BCUT2D eigenvalue weighted by molar-refractivity contribution is 0.584. The highest BCUT2D eigenvalue weighted by Crippen LogP contribution is 2.53. The molecule has 0 N–H and O–H groups in total. The molecule has 18 rings (SSSR count). The van der Waals surface area contributed by atoms with Gasteiger partial charge in [0, 0.05) is 89.5 Å². The van der Waals surface area contributed by atoms with E-state index in [9.17, 15) is 0 Å². The summed E-state index contributed by atoms with van der Waals surface area (Å²) in [6.45, 7) is 9.37. The molecule has 3 aromatic heterocycles. The molecule has 0 aliphatic heterocycles. The van der Waals surface area contributed by atoms with E-state index < -0.39 is 0 Å². The van der Waals surface area contributed by atoms with Crippen molar-refractivity contribution in [1.82, 2.24) is 30.4 Å². The van der Waals surface area contributed by atoms with E-state index in [2.05, 4.69) is 276 Å². The summed E-state index contributed by atoms with van der Waals surface area (Å²) in [5.41, 5.74) is 28.2. The SMILES string of the molecule is CC1(C)c2ccccc2-c2ccc(-c3ccc(-c4ccc5c(c4)C(C)(C)c4ccccc4-5)c4nc(-c5ccc(N(c6ccccc6)c6ccc(-c7nnc(-c8ccccc8)o7)cc6)cc5)c(-c5ccc(N(c6ccccc6)c6ccc(-c7nnc(-c8ccccc8)o7)cc6)cc5)nc34)cc21. The van der Waals surface area contributed by atoms with Crippen molar-refractivity contribution < 1.29 is 8.83 Å². The highest BCUT2D eigenvalue weighted by atomic mass is 16.4. The third-order valence-electron chi connectivity index (χ3n) is 20.1. The van der Waals surface area contributed by atoms with Crippen molar-refractivity contribution in [1.29, 1.82) is 0 Å². The van der Waals surface area contributed by atoms with Crippen LogP contribution in [-0.2, 0) is 10.8 Å². The molecule has 10 nitrogen and oxygen atoms in total. The molecule has 10 heteroatoms. The smallest absolute Gasteiger partial charge is 0.248 e. The second-order valence-corrected chi connectivity index (χ2v) is 26.7. The summed E-state index contributed by atoms with van der Waals surface area (Å²) in [6, 6.07) is 111. The molecule has 0 fully saturated rings. The average molecular weight is 1290 g/mol. The molecule has 0 amide bonds. The summed E-state index contributed by atoms with van der Waals surface area (Å²) < 4.78 is 12.4.